The predicted molar refractivity (Wildman–Crippen MR) is 107 cm³/mol. The van der Waals surface area contributed by atoms with E-state index in [1.165, 1.54) is 0 Å². The van der Waals surface area contributed by atoms with Crippen LogP contribution in [0.25, 0.3) is 0 Å². The average Bonchev–Trinajstić information content (AvgIpc) is 2.65. The van der Waals surface area contributed by atoms with E-state index in [9.17, 15) is 9.59 Å². The lowest BCUT2D eigenvalue weighted by molar-refractivity contribution is -0.123. The van der Waals surface area contributed by atoms with E-state index in [1.54, 1.807) is 42.5 Å². The van der Waals surface area contributed by atoms with E-state index in [1.807, 2.05) is 13.8 Å². The molecule has 27 heavy (non-hydrogen) atoms. The first-order valence-corrected chi connectivity index (χ1v) is 9.50. The van der Waals surface area contributed by atoms with E-state index in [0.717, 1.165) is 10.9 Å². The molecule has 2 aromatic carbocycles. The zero-order chi connectivity index (χ0) is 19.8. The minimum Gasteiger partial charge on any atom is -0.491 e. The van der Waals surface area contributed by atoms with Gasteiger partial charge >= 0.3 is 0 Å². The molecule has 0 spiro atoms. The highest BCUT2D eigenvalue weighted by Gasteiger charge is 2.10. The first kappa shape index (κ1) is 21.1. The van der Waals surface area contributed by atoms with E-state index < -0.39 is 11.8 Å². The number of hydrogen-bond donors (Lipinski definition) is 2. The van der Waals surface area contributed by atoms with Crippen LogP contribution < -0.4 is 20.3 Å². The number of nitrogens with one attached hydrogen (secondary N) is 2. The summed E-state index contributed by atoms with van der Waals surface area (Å²) < 4.78 is 11.8. The number of hydrogen-bond acceptors (Lipinski definition) is 4. The maximum absolute atomic E-state index is 12.1. The van der Waals surface area contributed by atoms with Gasteiger partial charge in [-0.2, -0.15) is 0 Å². The number of rotatable bonds is 7. The third-order valence-electron chi connectivity index (χ3n) is 3.60. The lowest BCUT2D eigenvalue weighted by Crippen LogP contribution is -2.43. The molecule has 0 aliphatic heterocycles. The maximum Gasteiger partial charge on any atom is 0.276 e. The molecule has 0 bridgehead atoms. The van der Waals surface area contributed by atoms with Crippen molar-refractivity contribution in [2.75, 3.05) is 6.61 Å². The summed E-state index contributed by atoms with van der Waals surface area (Å²) in [6, 6.07) is 11.7. The summed E-state index contributed by atoms with van der Waals surface area (Å²) in [5, 5.41) is 0.376. The number of amides is 2. The second-order valence-electron chi connectivity index (χ2n) is 5.73. The van der Waals surface area contributed by atoms with Gasteiger partial charge in [-0.3, -0.25) is 20.4 Å². The molecule has 1 unspecified atom stereocenters. The van der Waals surface area contributed by atoms with Gasteiger partial charge in [-0.25, -0.2) is 0 Å². The largest absolute Gasteiger partial charge is 0.491 e. The quantitative estimate of drug-likeness (QED) is 0.616. The van der Waals surface area contributed by atoms with Crippen molar-refractivity contribution in [3.8, 4) is 11.5 Å². The Morgan fingerprint density at radius 1 is 1.15 bits per heavy atom. The third-order valence-corrected chi connectivity index (χ3v) is 4.39. The summed E-state index contributed by atoms with van der Waals surface area (Å²) in [6.07, 6.45) is 0.991. The number of carbonyl (C=O) groups is 2. The van der Waals surface area contributed by atoms with Crippen LogP contribution in [0.3, 0.4) is 0 Å². The second-order valence-corrected chi connectivity index (χ2v) is 7.05. The fraction of sp³-hybridized carbons (Fsp3) is 0.263. The molecule has 6 nitrogen and oxygen atoms in total. The van der Waals surface area contributed by atoms with Crippen LogP contribution >= 0.6 is 27.5 Å². The number of carbonyl (C=O) groups excluding carboxylic acids is 2. The molecule has 144 valence electrons. The highest BCUT2D eigenvalue weighted by Crippen LogP contribution is 2.27. The van der Waals surface area contributed by atoms with Gasteiger partial charge in [0.1, 0.15) is 11.5 Å². The van der Waals surface area contributed by atoms with Gasteiger partial charge in [-0.1, -0.05) is 34.5 Å². The van der Waals surface area contributed by atoms with Gasteiger partial charge in [0, 0.05) is 10.0 Å². The first-order chi connectivity index (χ1) is 12.9. The van der Waals surface area contributed by atoms with Crippen molar-refractivity contribution in [2.24, 2.45) is 0 Å². The molecule has 0 aliphatic rings. The number of hydrazine groups is 1. The summed E-state index contributed by atoms with van der Waals surface area (Å²) in [5.41, 5.74) is 5.01. The van der Waals surface area contributed by atoms with Crippen molar-refractivity contribution in [1.29, 1.82) is 0 Å². The third kappa shape index (κ3) is 6.77. The van der Waals surface area contributed by atoms with E-state index >= 15 is 0 Å². The Morgan fingerprint density at radius 2 is 1.85 bits per heavy atom. The van der Waals surface area contributed by atoms with E-state index in [2.05, 4.69) is 26.8 Å². The number of halogens is 2. The Kier molecular flexibility index (Phi) is 7.94. The van der Waals surface area contributed by atoms with Gasteiger partial charge in [0.15, 0.2) is 6.61 Å². The molecule has 0 saturated heterocycles. The second kappa shape index (κ2) is 10.2. The molecule has 2 aromatic rings. The molecular formula is C19H20BrClN2O4. The van der Waals surface area contributed by atoms with Gasteiger partial charge in [0.2, 0.25) is 0 Å². The van der Waals surface area contributed by atoms with Gasteiger partial charge in [0.25, 0.3) is 11.8 Å². The molecule has 1 atom stereocenters. The standard InChI is InChI=1S/C19H20BrClN2O4/c1-3-12(2)27-15-7-4-13(5-8-15)19(25)23-22-18(24)11-26-17-9-6-14(20)10-16(17)21/h4-10,12H,3,11H2,1-2H3,(H,22,24)(H,23,25). The van der Waals surface area contributed by atoms with Gasteiger partial charge in [-0.05, 0) is 55.8 Å². The van der Waals surface area contributed by atoms with Crippen molar-refractivity contribution < 1.29 is 19.1 Å². The monoisotopic (exact) mass is 454 g/mol. The van der Waals surface area contributed by atoms with Crippen molar-refractivity contribution >= 4 is 39.3 Å². The molecule has 0 saturated carbocycles. The van der Waals surface area contributed by atoms with E-state index in [0.29, 0.717) is 22.1 Å². The number of benzene rings is 2. The predicted octanol–water partition coefficient (Wildman–Crippen LogP) is 4.12. The van der Waals surface area contributed by atoms with Gasteiger partial charge < -0.3 is 9.47 Å². The molecule has 2 rings (SSSR count). The molecule has 0 fully saturated rings. The fourth-order valence-electron chi connectivity index (χ4n) is 1.97. The lowest BCUT2D eigenvalue weighted by atomic mass is 10.2. The Morgan fingerprint density at radius 3 is 2.48 bits per heavy atom. The summed E-state index contributed by atoms with van der Waals surface area (Å²) in [6.45, 7) is 3.71. The molecule has 0 radical (unpaired) electrons. The Balaban J connectivity index is 1.79. The van der Waals surface area contributed by atoms with Crippen LogP contribution in [0.1, 0.15) is 30.6 Å². The van der Waals surface area contributed by atoms with Crippen LogP contribution in [0.4, 0.5) is 0 Å². The number of ether oxygens (including phenoxy) is 2. The Bertz CT molecular complexity index is 799. The van der Waals surface area contributed by atoms with Crippen molar-refractivity contribution in [3.05, 3.63) is 57.5 Å². The average molecular weight is 456 g/mol. The van der Waals surface area contributed by atoms with Crippen molar-refractivity contribution in [1.82, 2.24) is 10.9 Å². The summed E-state index contributed by atoms with van der Waals surface area (Å²) in [4.78, 5) is 23.9. The zero-order valence-corrected chi connectivity index (χ0v) is 17.3. The molecule has 0 heterocycles. The summed E-state index contributed by atoms with van der Waals surface area (Å²) in [7, 11) is 0. The first-order valence-electron chi connectivity index (χ1n) is 8.32. The Labute approximate surface area is 171 Å². The Hall–Kier alpha value is -2.25. The highest BCUT2D eigenvalue weighted by atomic mass is 79.9. The van der Waals surface area contributed by atoms with Gasteiger partial charge in [0.05, 0.1) is 11.1 Å². The summed E-state index contributed by atoms with van der Waals surface area (Å²) >= 11 is 9.29. The van der Waals surface area contributed by atoms with E-state index in [-0.39, 0.29) is 12.7 Å². The minimum absolute atomic E-state index is 0.100. The molecule has 2 N–H and O–H groups in total. The molecule has 0 aliphatic carbocycles. The van der Waals surface area contributed by atoms with Crippen LogP contribution in [-0.4, -0.2) is 24.5 Å². The smallest absolute Gasteiger partial charge is 0.276 e. The molecular weight excluding hydrogens is 436 g/mol. The normalized spacial score (nSPS) is 11.4. The lowest BCUT2D eigenvalue weighted by Gasteiger charge is -2.13. The van der Waals surface area contributed by atoms with Crippen LogP contribution in [0.15, 0.2) is 46.9 Å². The molecule has 8 heteroatoms. The molecule has 2 amide bonds. The van der Waals surface area contributed by atoms with Crippen LogP contribution in [0.5, 0.6) is 11.5 Å². The van der Waals surface area contributed by atoms with Crippen LogP contribution in [0.2, 0.25) is 5.02 Å². The SMILES string of the molecule is CCC(C)Oc1ccc(C(=O)NNC(=O)COc2ccc(Br)cc2Cl)cc1. The van der Waals surface area contributed by atoms with Crippen LogP contribution in [0, 0.1) is 0 Å². The van der Waals surface area contributed by atoms with Crippen LogP contribution in [-0.2, 0) is 4.79 Å². The highest BCUT2D eigenvalue weighted by molar-refractivity contribution is 9.10. The topological polar surface area (TPSA) is 76.7 Å². The zero-order valence-electron chi connectivity index (χ0n) is 14.9. The fourth-order valence-corrected chi connectivity index (χ4v) is 2.70. The van der Waals surface area contributed by atoms with Crippen molar-refractivity contribution in [3.63, 3.8) is 0 Å². The van der Waals surface area contributed by atoms with Gasteiger partial charge in [-0.15, -0.1) is 0 Å². The van der Waals surface area contributed by atoms with E-state index in [4.69, 9.17) is 21.1 Å². The van der Waals surface area contributed by atoms with Crippen molar-refractivity contribution in [2.45, 2.75) is 26.4 Å². The maximum atomic E-state index is 12.1. The minimum atomic E-state index is -0.515. The summed E-state index contributed by atoms with van der Waals surface area (Å²) in [5.74, 6) is 0.0992. The molecule has 0 aromatic heterocycles.